The molecule has 7 nitrogen and oxygen atoms in total. The number of nitro groups is 1. The van der Waals surface area contributed by atoms with Gasteiger partial charge in [-0.15, -0.1) is 22.7 Å². The predicted octanol–water partition coefficient (Wildman–Crippen LogP) is 4.88. The number of amides is 1. The normalized spacial score (nSPS) is 11.1. The molecule has 0 aliphatic carbocycles. The van der Waals surface area contributed by atoms with Crippen LogP contribution in [-0.2, 0) is 4.79 Å². The molecule has 0 spiro atoms. The molecule has 1 N–H and O–H groups in total. The Balaban J connectivity index is 1.54. The van der Waals surface area contributed by atoms with Crippen molar-refractivity contribution in [3.63, 3.8) is 0 Å². The number of hydrogen-bond donors (Lipinski definition) is 1. The molecule has 10 heteroatoms. The molecule has 0 fully saturated rings. The smallest absolute Gasteiger partial charge is 0.271 e. The fourth-order valence-electron chi connectivity index (χ4n) is 2.76. The number of anilines is 1. The zero-order valence-corrected chi connectivity index (χ0v) is 16.0. The molecule has 0 saturated heterocycles. The molecule has 28 heavy (non-hydrogen) atoms. The number of benzene rings is 2. The topological polar surface area (TPSA) is 94.4 Å². The Labute approximate surface area is 165 Å². The third-order valence-electron chi connectivity index (χ3n) is 3.96. The number of ether oxygens (including phenoxy) is 1. The fraction of sp³-hybridized carbons (Fsp3) is 0.111. The third kappa shape index (κ3) is 3.39. The van der Waals surface area contributed by atoms with Gasteiger partial charge in [-0.05, 0) is 24.4 Å². The molecule has 2 aromatic heterocycles. The van der Waals surface area contributed by atoms with Crippen LogP contribution in [0.5, 0.6) is 5.75 Å². The van der Waals surface area contributed by atoms with Crippen molar-refractivity contribution in [1.82, 2.24) is 4.98 Å². The largest absolute Gasteiger partial charge is 0.483 e. The second-order valence-corrected chi connectivity index (χ2v) is 8.03. The molecular formula is C18H12FN3O4S2. The molecule has 0 aliphatic heterocycles. The van der Waals surface area contributed by atoms with E-state index in [1.165, 1.54) is 22.7 Å². The maximum absolute atomic E-state index is 13.8. The highest BCUT2D eigenvalue weighted by atomic mass is 32.1. The van der Waals surface area contributed by atoms with E-state index < -0.39 is 16.6 Å². The number of nitrogens with one attached hydrogen (secondary N) is 1. The van der Waals surface area contributed by atoms with Crippen LogP contribution < -0.4 is 10.1 Å². The van der Waals surface area contributed by atoms with Gasteiger partial charge in [0.2, 0.25) is 0 Å². The predicted molar refractivity (Wildman–Crippen MR) is 107 cm³/mol. The number of fused-ring (bicyclic) bond motifs is 3. The van der Waals surface area contributed by atoms with Gasteiger partial charge in [-0.25, -0.2) is 9.37 Å². The first kappa shape index (κ1) is 18.3. The highest BCUT2D eigenvalue weighted by molar-refractivity contribution is 7.21. The van der Waals surface area contributed by atoms with Gasteiger partial charge in [-0.3, -0.25) is 14.9 Å². The summed E-state index contributed by atoms with van der Waals surface area (Å²) in [5, 5.41) is 16.8. The molecule has 0 unspecified atom stereocenters. The number of carbonyl (C=O) groups excluding carboxylic acids is 1. The van der Waals surface area contributed by atoms with Crippen LogP contribution in [0.25, 0.3) is 20.3 Å². The van der Waals surface area contributed by atoms with E-state index in [9.17, 15) is 19.3 Å². The van der Waals surface area contributed by atoms with Crippen LogP contribution >= 0.6 is 22.7 Å². The van der Waals surface area contributed by atoms with Crippen LogP contribution in [0.4, 0.5) is 15.8 Å². The van der Waals surface area contributed by atoms with Crippen LogP contribution in [0, 0.1) is 22.9 Å². The summed E-state index contributed by atoms with van der Waals surface area (Å²) < 4.78 is 21.4. The Hall–Kier alpha value is -3.11. The Kier molecular flexibility index (Phi) is 4.65. The maximum Gasteiger partial charge on any atom is 0.271 e. The number of thiazole rings is 1. The number of hydrogen-bond acceptors (Lipinski definition) is 7. The van der Waals surface area contributed by atoms with E-state index in [-0.39, 0.29) is 18.0 Å². The molecule has 0 radical (unpaired) electrons. The summed E-state index contributed by atoms with van der Waals surface area (Å²) in [5.74, 6) is -0.855. The number of nitrogens with zero attached hydrogens (tertiary/aromatic N) is 2. The lowest BCUT2D eigenvalue weighted by Gasteiger charge is -2.09. The molecule has 0 saturated carbocycles. The van der Waals surface area contributed by atoms with Crippen LogP contribution in [0.2, 0.25) is 0 Å². The first-order valence-corrected chi connectivity index (χ1v) is 9.76. The van der Waals surface area contributed by atoms with Gasteiger partial charge in [0, 0.05) is 23.6 Å². The lowest BCUT2D eigenvalue weighted by molar-refractivity contribution is -0.384. The van der Waals surface area contributed by atoms with Gasteiger partial charge in [0.25, 0.3) is 11.6 Å². The highest BCUT2D eigenvalue weighted by Crippen LogP contribution is 2.38. The summed E-state index contributed by atoms with van der Waals surface area (Å²) in [7, 11) is 0. The van der Waals surface area contributed by atoms with E-state index >= 15 is 0 Å². The highest BCUT2D eigenvalue weighted by Gasteiger charge is 2.16. The Bertz CT molecular complexity index is 1230. The van der Waals surface area contributed by atoms with E-state index in [0.717, 1.165) is 43.5 Å². The lowest BCUT2D eigenvalue weighted by Crippen LogP contribution is -2.21. The van der Waals surface area contributed by atoms with Crippen LogP contribution in [-0.4, -0.2) is 22.4 Å². The van der Waals surface area contributed by atoms with Crippen molar-refractivity contribution in [2.45, 2.75) is 6.92 Å². The molecule has 4 rings (SSSR count). The molecule has 2 heterocycles. The van der Waals surface area contributed by atoms with Crippen molar-refractivity contribution in [3.05, 3.63) is 56.7 Å². The van der Waals surface area contributed by atoms with Crippen molar-refractivity contribution >= 4 is 60.3 Å². The van der Waals surface area contributed by atoms with Crippen LogP contribution in [0.3, 0.4) is 0 Å². The Morgan fingerprint density at radius 1 is 1.36 bits per heavy atom. The summed E-state index contributed by atoms with van der Waals surface area (Å²) in [4.78, 5) is 26.9. The zero-order valence-electron chi connectivity index (χ0n) is 14.4. The molecule has 1 amide bonds. The minimum absolute atomic E-state index is 0.267. The number of carbonyl (C=O) groups is 1. The van der Waals surface area contributed by atoms with Crippen molar-refractivity contribution in [2.24, 2.45) is 0 Å². The van der Waals surface area contributed by atoms with Gasteiger partial charge in [-0.1, -0.05) is 0 Å². The number of thiophene rings is 1. The average Bonchev–Trinajstić information content (AvgIpc) is 3.27. The number of halogens is 1. The van der Waals surface area contributed by atoms with Crippen molar-refractivity contribution in [2.75, 3.05) is 11.9 Å². The van der Waals surface area contributed by atoms with Crippen molar-refractivity contribution in [1.29, 1.82) is 0 Å². The number of nitro benzene ring substituents is 1. The number of non-ortho nitro benzene ring substituents is 1. The number of aryl methyl sites for hydroxylation is 1. The van der Waals surface area contributed by atoms with Gasteiger partial charge < -0.3 is 10.1 Å². The third-order valence-corrected chi connectivity index (χ3v) is 5.80. The Morgan fingerprint density at radius 3 is 2.96 bits per heavy atom. The maximum atomic E-state index is 13.8. The van der Waals surface area contributed by atoms with E-state index in [4.69, 9.17) is 4.74 Å². The number of aromatic nitrogens is 1. The average molecular weight is 417 g/mol. The minimum Gasteiger partial charge on any atom is -0.483 e. The molecule has 0 aliphatic rings. The SMILES string of the molecule is Cc1nc2c(cc(OCC(=O)Nc3cc([N+](=O)[O-])ccc3F)c3ccsc32)s1. The summed E-state index contributed by atoms with van der Waals surface area (Å²) in [6.45, 7) is 1.56. The Morgan fingerprint density at radius 2 is 2.18 bits per heavy atom. The minimum atomic E-state index is -0.763. The molecule has 4 aromatic rings. The second-order valence-electron chi connectivity index (χ2n) is 5.88. The summed E-state index contributed by atoms with van der Waals surface area (Å²) >= 11 is 3.07. The first-order valence-electron chi connectivity index (χ1n) is 8.06. The molecule has 0 atom stereocenters. The van der Waals surface area contributed by atoms with Crippen LogP contribution in [0.15, 0.2) is 35.7 Å². The van der Waals surface area contributed by atoms with Crippen LogP contribution in [0.1, 0.15) is 5.01 Å². The standard InChI is InChI=1S/C18H12FN3O4S2/c1-9-20-17-15(28-9)7-14(11-4-5-27-18(11)17)26-8-16(23)21-13-6-10(22(24)25)2-3-12(13)19/h2-7H,8H2,1H3,(H,21,23). The van der Waals surface area contributed by atoms with E-state index in [1.807, 2.05) is 24.4 Å². The summed E-state index contributed by atoms with van der Waals surface area (Å²) in [6.07, 6.45) is 0. The summed E-state index contributed by atoms with van der Waals surface area (Å²) in [5.41, 5.74) is 0.323. The number of rotatable bonds is 5. The molecule has 142 valence electrons. The van der Waals surface area contributed by atoms with E-state index in [0.29, 0.717) is 5.75 Å². The van der Waals surface area contributed by atoms with Gasteiger partial charge >= 0.3 is 0 Å². The van der Waals surface area contributed by atoms with Gasteiger partial charge in [-0.2, -0.15) is 0 Å². The van der Waals surface area contributed by atoms with Gasteiger partial charge in [0.1, 0.15) is 11.6 Å². The lowest BCUT2D eigenvalue weighted by atomic mass is 10.2. The fourth-order valence-corrected chi connectivity index (χ4v) is 4.59. The molecular weight excluding hydrogens is 405 g/mol. The van der Waals surface area contributed by atoms with Crippen molar-refractivity contribution in [3.8, 4) is 5.75 Å². The summed E-state index contributed by atoms with van der Waals surface area (Å²) in [6, 6.07) is 6.65. The van der Waals surface area contributed by atoms with Gasteiger partial charge in [0.15, 0.2) is 6.61 Å². The van der Waals surface area contributed by atoms with E-state index in [2.05, 4.69) is 10.3 Å². The van der Waals surface area contributed by atoms with Crippen molar-refractivity contribution < 1.29 is 18.8 Å². The quantitative estimate of drug-likeness (QED) is 0.369. The first-order chi connectivity index (χ1) is 13.4. The second kappa shape index (κ2) is 7.13. The molecule has 2 aromatic carbocycles. The van der Waals surface area contributed by atoms with E-state index in [1.54, 1.807) is 0 Å². The molecule has 0 bridgehead atoms. The zero-order chi connectivity index (χ0) is 19.8. The monoisotopic (exact) mass is 417 g/mol. The van der Waals surface area contributed by atoms with Gasteiger partial charge in [0.05, 0.1) is 30.5 Å².